The lowest BCUT2D eigenvalue weighted by Crippen LogP contribution is -2.11. The summed E-state index contributed by atoms with van der Waals surface area (Å²) in [5, 5.41) is 71.7. The molecule has 49 heteroatoms. The van der Waals surface area contributed by atoms with Crippen LogP contribution in [0.25, 0.3) is 137 Å². The molecule has 11 N–H and O–H groups in total. The lowest BCUT2D eigenvalue weighted by atomic mass is 10.1. The van der Waals surface area contributed by atoms with Crippen LogP contribution in [-0.2, 0) is 42.1 Å². The normalized spacial score (nSPS) is 11.8. The van der Waals surface area contributed by atoms with Crippen molar-refractivity contribution in [3.05, 3.63) is 362 Å². The molecule has 0 aromatic carbocycles. The number of pyridine rings is 18. The summed E-state index contributed by atoms with van der Waals surface area (Å²) in [6.45, 7) is 4.63. The number of nitrogens with zero attached hydrogens (tertiary/aromatic N) is 18. The Bertz CT molecular complexity index is 8080. The zero-order valence-corrected chi connectivity index (χ0v) is 79.3. The van der Waals surface area contributed by atoms with Crippen LogP contribution in [0, 0.1) is 13.8 Å². The Balaban J connectivity index is 0.000000149. The maximum atomic E-state index is 12.2. The Morgan fingerprint density at radius 3 is 0.711 bits per heavy atom. The van der Waals surface area contributed by atoms with Crippen LogP contribution in [0.4, 0.5) is 0 Å². The maximum absolute atomic E-state index is 12.2. The first-order valence-electron chi connectivity index (χ1n) is 42.6. The SMILES string of the molecule is Cc1ccnc(-c2cc(P(=O)(O)OO)cc(-c3cc(P(=O)(O)OO)ccn3)n2)c1.Cc1ccnc(-c2cc(P(=O)(O)OO)cc(-c3ccccn3)n2)c1.O=C(O)c1cc(-c2ccccn2)nc(-c2ccccn2)c1.O=COc1ccnc(-c2cc(C(=O)O)cc(-c3cc(C(=O)O)ccn3)n2)c1.O=COc1ccnc(-c2cc(C(=O)O)cc(-c3ccccn3)n2)c1.O=COc1ccnc(-c2cccc(-c3cc(C(=O)O)ccn3)n2)c1. The molecule has 46 nitrogen and oxygen atoms in total. The number of hydrogen-bond donors (Lipinski definition) is 11. The van der Waals surface area contributed by atoms with E-state index in [4.69, 9.17) is 40.2 Å². The molecular formula is C100H73N18O28P3. The van der Waals surface area contributed by atoms with Crippen LogP contribution in [0.15, 0.2) is 323 Å². The fraction of sp³-hybridized carbons (Fsp3) is 0.0200. The number of carboxylic acids is 5. The predicted octanol–water partition coefficient (Wildman–Crippen LogP) is 14.8. The molecule has 149 heavy (non-hydrogen) atoms. The van der Waals surface area contributed by atoms with Gasteiger partial charge in [0.25, 0.3) is 19.4 Å². The Kier molecular flexibility index (Phi) is 36.0. The number of carbonyl (C=O) groups excluding carboxylic acids is 3. The van der Waals surface area contributed by atoms with Crippen LogP contribution in [0.5, 0.6) is 17.2 Å². The van der Waals surface area contributed by atoms with Crippen molar-refractivity contribution >= 4 is 88.0 Å². The minimum atomic E-state index is -4.59. The highest BCUT2D eigenvalue weighted by Crippen LogP contribution is 2.44. The molecule has 0 aliphatic carbocycles. The smallest absolute Gasteiger partial charge is 0.385 e. The van der Waals surface area contributed by atoms with Gasteiger partial charge in [0.2, 0.25) is 0 Å². The second kappa shape index (κ2) is 50.1. The molecule has 0 amide bonds. The summed E-state index contributed by atoms with van der Waals surface area (Å²) in [4.78, 5) is 194. The van der Waals surface area contributed by atoms with Crippen LogP contribution in [0.1, 0.15) is 62.9 Å². The Labute approximate surface area is 839 Å². The third-order valence-electron chi connectivity index (χ3n) is 20.0. The monoisotopic (exact) mass is 2070 g/mol. The summed E-state index contributed by atoms with van der Waals surface area (Å²) in [5.41, 5.74) is 11.3. The van der Waals surface area contributed by atoms with E-state index >= 15 is 0 Å². The molecule has 18 heterocycles. The molecule has 18 aromatic rings. The van der Waals surface area contributed by atoms with Crippen LogP contribution < -0.4 is 30.1 Å². The van der Waals surface area contributed by atoms with E-state index < -0.39 is 52.6 Å². The van der Waals surface area contributed by atoms with E-state index in [1.165, 1.54) is 147 Å². The second-order valence-corrected chi connectivity index (χ2v) is 35.3. The largest absolute Gasteiger partial charge is 0.478 e. The van der Waals surface area contributed by atoms with Gasteiger partial charge in [-0.05, 0) is 225 Å². The molecule has 0 radical (unpaired) electrons. The summed E-state index contributed by atoms with van der Waals surface area (Å²) in [6, 6.07) is 64.0. The van der Waals surface area contributed by atoms with Gasteiger partial charge < -0.3 is 54.4 Å². The predicted molar refractivity (Wildman–Crippen MR) is 528 cm³/mol. The van der Waals surface area contributed by atoms with E-state index in [1.54, 1.807) is 140 Å². The highest BCUT2D eigenvalue weighted by atomic mass is 31.2. The summed E-state index contributed by atoms with van der Waals surface area (Å²) < 4.78 is 61.5. The van der Waals surface area contributed by atoms with Gasteiger partial charge in [-0.25, -0.2) is 69.6 Å². The average Bonchev–Trinajstić information content (AvgIpc) is 0.789. The molecule has 3 unspecified atom stereocenters. The van der Waals surface area contributed by atoms with Gasteiger partial charge >= 0.3 is 52.6 Å². The van der Waals surface area contributed by atoms with Crippen molar-refractivity contribution in [2.24, 2.45) is 0 Å². The Morgan fingerprint density at radius 1 is 0.221 bits per heavy atom. The van der Waals surface area contributed by atoms with Gasteiger partial charge in [0.1, 0.15) is 17.2 Å². The number of carbonyl (C=O) groups is 8. The summed E-state index contributed by atoms with van der Waals surface area (Å²) in [5.74, 6) is -4.61. The number of carboxylic acid groups (broad SMARTS) is 5. The highest BCUT2D eigenvalue weighted by Gasteiger charge is 2.30. The van der Waals surface area contributed by atoms with Crippen molar-refractivity contribution in [2.75, 3.05) is 0 Å². The molecule has 0 aliphatic heterocycles. The van der Waals surface area contributed by atoms with E-state index in [1.807, 2.05) is 32.0 Å². The van der Waals surface area contributed by atoms with Gasteiger partial charge in [0.15, 0.2) is 0 Å². The first-order chi connectivity index (χ1) is 71.7. The van der Waals surface area contributed by atoms with Crippen LogP contribution >= 0.6 is 22.8 Å². The molecule has 0 fully saturated rings. The van der Waals surface area contributed by atoms with Crippen molar-refractivity contribution in [3.8, 4) is 154 Å². The van der Waals surface area contributed by atoms with E-state index in [9.17, 15) is 82.1 Å². The van der Waals surface area contributed by atoms with E-state index in [0.717, 1.165) is 29.3 Å². The first-order valence-corrected chi connectivity index (χ1v) is 47.3. The fourth-order valence-corrected chi connectivity index (χ4v) is 15.1. The van der Waals surface area contributed by atoms with Crippen LogP contribution in [0.2, 0.25) is 0 Å². The number of rotatable bonds is 29. The maximum Gasteiger partial charge on any atom is 0.385 e. The third-order valence-corrected chi connectivity index (χ3v) is 23.5. The minimum absolute atomic E-state index is 0.0106. The molecular weight excluding hydrogens is 1990 g/mol. The number of aryl methyl sites for hydroxylation is 2. The standard InChI is InChI=1S/C18H11N3O6.2C17H11N3O4.C16H15N3O8P2.C16H14N3O4P.C16H11N3O2/c22-9-27-12-2-4-20-14(8-12)16-7-11(18(25)26)6-15(21-16)13-5-10(17(23)24)1-3-19-13;21-10-24-12-5-7-19-16(9-12)14-3-1-2-13(20-14)15-8-11(17(22)23)4-6-18-15;21-10-24-12-4-6-19-14(9-12)16-8-11(17(22)23)7-15(20-16)13-3-1-2-5-18-13;1-10-2-4-17-13(6-10)15-8-12(29(24,25)27-21)9-16(19-15)14-7-11(3-5-18-14)28(22,23)26-20;1-11-5-7-18-14(8-11)16-10-12(24(21,22)23-20)9-15(19-16)13-4-2-3-6-17-13;20-16(21)11-9-14(12-5-1-3-7-17-12)19-15(10-11)13-6-2-4-8-18-13/h1-9H,(H,23,24)(H,25,26);2*1-10H,(H,22,23);2-9,20-21H,1H3,(H,22,23)(H,24,25);2-10,20H,1H3,(H,21,22);1-10H,(H,20,21). The number of aromatic nitrogens is 18. The zero-order valence-electron chi connectivity index (χ0n) is 76.6. The molecule has 746 valence electrons. The second-order valence-electron chi connectivity index (χ2n) is 30.1. The van der Waals surface area contributed by atoms with Gasteiger partial charge in [-0.1, -0.05) is 30.3 Å². The first kappa shape index (κ1) is 107. The average molecular weight is 2070 g/mol. The molecule has 0 bridgehead atoms. The molecule has 18 rings (SSSR count). The van der Waals surface area contributed by atoms with E-state index in [2.05, 4.69) is 104 Å². The van der Waals surface area contributed by atoms with E-state index in [-0.39, 0.29) is 102 Å². The van der Waals surface area contributed by atoms with Crippen molar-refractivity contribution in [1.29, 1.82) is 0 Å². The summed E-state index contributed by atoms with van der Waals surface area (Å²) in [7, 11) is -13.5. The topological polar surface area (TPSA) is 698 Å². The number of aromatic carboxylic acids is 5. The lowest BCUT2D eigenvalue weighted by molar-refractivity contribution is -0.143. The molecule has 0 saturated carbocycles. The molecule has 0 saturated heterocycles. The van der Waals surface area contributed by atoms with Crippen molar-refractivity contribution in [3.63, 3.8) is 0 Å². The molecule has 0 spiro atoms. The molecule has 18 aromatic heterocycles. The van der Waals surface area contributed by atoms with Gasteiger partial charge in [-0.2, -0.15) is 0 Å². The van der Waals surface area contributed by atoms with Crippen molar-refractivity contribution < 1.29 is 136 Å². The van der Waals surface area contributed by atoms with Gasteiger partial charge in [0, 0.05) is 92.6 Å². The quantitative estimate of drug-likeness (QED) is 0.00897. The summed E-state index contributed by atoms with van der Waals surface area (Å²) >= 11 is 0. The van der Waals surface area contributed by atoms with Crippen molar-refractivity contribution in [1.82, 2.24) is 89.7 Å². The van der Waals surface area contributed by atoms with Gasteiger partial charge in [-0.15, -0.1) is 14.0 Å². The highest BCUT2D eigenvalue weighted by molar-refractivity contribution is 7.61. The summed E-state index contributed by atoms with van der Waals surface area (Å²) in [6.07, 6.45) is 17.9. The van der Waals surface area contributed by atoms with Crippen LogP contribution in [-0.4, -0.2) is 195 Å². The molecule has 3 atom stereocenters. The fourth-order valence-electron chi connectivity index (χ4n) is 13.1. The molecule has 0 aliphatic rings. The number of hydrogen-bond acceptors (Lipinski definition) is 38. The minimum Gasteiger partial charge on any atom is -0.478 e. The Hall–Kier alpha value is -19.2. The van der Waals surface area contributed by atoms with Crippen molar-refractivity contribution in [2.45, 2.75) is 13.8 Å². The third kappa shape index (κ3) is 29.1. The van der Waals surface area contributed by atoms with E-state index in [0.29, 0.717) is 115 Å². The van der Waals surface area contributed by atoms with Crippen LogP contribution in [0.3, 0.4) is 0 Å². The zero-order chi connectivity index (χ0) is 106. The van der Waals surface area contributed by atoms with Gasteiger partial charge in [0.05, 0.1) is 180 Å². The Morgan fingerprint density at radius 2 is 0.430 bits per heavy atom. The van der Waals surface area contributed by atoms with Gasteiger partial charge in [-0.3, -0.25) is 87.9 Å². The number of ether oxygens (including phenoxy) is 3. The lowest BCUT2D eigenvalue weighted by Gasteiger charge is -2.12.